The van der Waals surface area contributed by atoms with Crippen LogP contribution in [0.3, 0.4) is 0 Å². The molecule has 114 valence electrons. The van der Waals surface area contributed by atoms with E-state index >= 15 is 0 Å². The molecule has 0 N–H and O–H groups in total. The topological polar surface area (TPSA) is 3.24 Å². The second-order valence-corrected chi connectivity index (χ2v) is 6.84. The second-order valence-electron chi connectivity index (χ2n) is 5.83. The fourth-order valence-electron chi connectivity index (χ4n) is 3.13. The molecule has 1 aromatic carbocycles. The van der Waals surface area contributed by atoms with E-state index in [1.165, 1.54) is 29.7 Å². The minimum Gasteiger partial charge on any atom is -0.372 e. The molecule has 2 aliphatic rings. The van der Waals surface area contributed by atoms with Crippen LogP contribution in [-0.2, 0) is 6.42 Å². The quantitative estimate of drug-likeness (QED) is 0.563. The molecule has 0 bridgehead atoms. The summed E-state index contributed by atoms with van der Waals surface area (Å²) in [6.45, 7) is 2.26. The third kappa shape index (κ3) is 3.68. The number of benzene rings is 1. The molecule has 22 heavy (non-hydrogen) atoms. The van der Waals surface area contributed by atoms with Gasteiger partial charge in [0, 0.05) is 24.4 Å². The second kappa shape index (κ2) is 7.26. The third-order valence-corrected chi connectivity index (χ3v) is 4.70. The van der Waals surface area contributed by atoms with Crippen molar-refractivity contribution in [2.75, 3.05) is 13.1 Å². The van der Waals surface area contributed by atoms with Gasteiger partial charge in [0.25, 0.3) is 0 Å². The molecule has 3 heteroatoms. The Morgan fingerprint density at radius 1 is 1.14 bits per heavy atom. The molecule has 1 saturated heterocycles. The summed E-state index contributed by atoms with van der Waals surface area (Å²) in [7, 11) is 0. The normalized spacial score (nSPS) is 18.4. The Labute approximate surface area is 143 Å². The minimum absolute atomic E-state index is 0.453. The van der Waals surface area contributed by atoms with Gasteiger partial charge in [-0.15, -0.1) is 0 Å². The average Bonchev–Trinajstić information content (AvgIpc) is 2.97. The molecule has 1 nitrogen and oxygen atoms in total. The Balaban J connectivity index is 1.97. The van der Waals surface area contributed by atoms with E-state index in [-0.39, 0.29) is 0 Å². The molecule has 0 saturated carbocycles. The maximum absolute atomic E-state index is 6.08. The molecule has 0 spiro atoms. The van der Waals surface area contributed by atoms with Crippen LogP contribution in [0.4, 0.5) is 0 Å². The van der Waals surface area contributed by atoms with Crippen LogP contribution in [0.15, 0.2) is 65.4 Å². The maximum Gasteiger partial charge on any atom is 0.111 e. The number of hydrogen-bond donors (Lipinski definition) is 0. The van der Waals surface area contributed by atoms with Crippen molar-refractivity contribution < 1.29 is 0 Å². The van der Waals surface area contributed by atoms with Crippen LogP contribution < -0.4 is 0 Å². The highest BCUT2D eigenvalue weighted by Crippen LogP contribution is 2.28. The van der Waals surface area contributed by atoms with Gasteiger partial charge in [0.15, 0.2) is 0 Å². The molecule has 1 fully saturated rings. The fraction of sp³-hybridized carbons (Fsp3) is 0.316. The Morgan fingerprint density at radius 2 is 1.86 bits per heavy atom. The predicted molar refractivity (Wildman–Crippen MR) is 98.3 cm³/mol. The van der Waals surface area contributed by atoms with Gasteiger partial charge in [-0.05, 0) is 42.9 Å². The van der Waals surface area contributed by atoms with E-state index in [0.717, 1.165) is 31.5 Å². The first-order valence-electron chi connectivity index (χ1n) is 7.83. The van der Waals surface area contributed by atoms with Gasteiger partial charge >= 0.3 is 0 Å². The molecule has 0 amide bonds. The summed E-state index contributed by atoms with van der Waals surface area (Å²) in [6.07, 6.45) is 10.9. The smallest absolute Gasteiger partial charge is 0.111 e. The molecule has 1 aliphatic carbocycles. The summed E-state index contributed by atoms with van der Waals surface area (Å²) in [4.78, 5) is 2.49. The Morgan fingerprint density at radius 3 is 2.55 bits per heavy atom. The first-order chi connectivity index (χ1) is 10.7. The lowest BCUT2D eigenvalue weighted by Gasteiger charge is -2.23. The molecule has 1 heterocycles. The van der Waals surface area contributed by atoms with Crippen molar-refractivity contribution in [1.29, 1.82) is 0 Å². The van der Waals surface area contributed by atoms with Crippen LogP contribution in [0.1, 0.15) is 24.8 Å². The zero-order valence-corrected chi connectivity index (χ0v) is 14.2. The van der Waals surface area contributed by atoms with Gasteiger partial charge in [-0.2, -0.15) is 0 Å². The van der Waals surface area contributed by atoms with Gasteiger partial charge in [0.05, 0.1) is 0 Å². The lowest BCUT2D eigenvalue weighted by molar-refractivity contribution is 0.433. The van der Waals surface area contributed by atoms with E-state index in [1.54, 1.807) is 0 Å². The van der Waals surface area contributed by atoms with E-state index in [2.05, 4.69) is 53.5 Å². The summed E-state index contributed by atoms with van der Waals surface area (Å²) < 4.78 is 0.453. The Hall–Kier alpha value is -1.38. The highest BCUT2D eigenvalue weighted by Gasteiger charge is 2.19. The van der Waals surface area contributed by atoms with Crippen LogP contribution >= 0.6 is 23.8 Å². The predicted octanol–water partition coefficient (Wildman–Crippen LogP) is 5.03. The largest absolute Gasteiger partial charge is 0.372 e. The minimum atomic E-state index is 0.453. The summed E-state index contributed by atoms with van der Waals surface area (Å²) >= 11 is 11.3. The van der Waals surface area contributed by atoms with Crippen LogP contribution in [0.5, 0.6) is 0 Å². The molecule has 1 aromatic rings. The van der Waals surface area contributed by atoms with E-state index in [1.807, 2.05) is 0 Å². The molecule has 0 unspecified atom stereocenters. The number of nitrogens with zero attached hydrogens (tertiary/aromatic N) is 1. The van der Waals surface area contributed by atoms with Crippen molar-refractivity contribution in [3.05, 3.63) is 71.0 Å². The molecule has 0 radical (unpaired) electrons. The molecular formula is C19H20ClNS. The third-order valence-electron chi connectivity index (χ3n) is 4.25. The van der Waals surface area contributed by atoms with E-state index in [9.17, 15) is 0 Å². The SMILES string of the molecule is S=C(Cl)C1=CC(N2CCCC2)=C(Cc2ccccc2)CC=C1. The highest BCUT2D eigenvalue weighted by molar-refractivity contribution is 7.83. The molecule has 1 aliphatic heterocycles. The number of halogens is 1. The average molecular weight is 330 g/mol. The highest BCUT2D eigenvalue weighted by atomic mass is 35.5. The maximum atomic E-state index is 6.08. The lowest BCUT2D eigenvalue weighted by atomic mass is 10.00. The van der Waals surface area contributed by atoms with Gasteiger partial charge in [-0.3, -0.25) is 0 Å². The monoisotopic (exact) mass is 329 g/mol. The van der Waals surface area contributed by atoms with E-state index < -0.39 is 0 Å². The van der Waals surface area contributed by atoms with Gasteiger partial charge < -0.3 is 4.90 Å². The van der Waals surface area contributed by atoms with Gasteiger partial charge in [-0.25, -0.2) is 0 Å². The number of thiocarbonyl (C=S) groups is 1. The summed E-state index contributed by atoms with van der Waals surface area (Å²) in [5, 5.41) is 0. The van der Waals surface area contributed by atoms with Crippen molar-refractivity contribution in [2.24, 2.45) is 0 Å². The first kappa shape index (κ1) is 15.5. The van der Waals surface area contributed by atoms with Crippen molar-refractivity contribution in [1.82, 2.24) is 4.90 Å². The number of rotatable bonds is 4. The van der Waals surface area contributed by atoms with Crippen molar-refractivity contribution in [3.63, 3.8) is 0 Å². The first-order valence-corrected chi connectivity index (χ1v) is 8.61. The van der Waals surface area contributed by atoms with Crippen LogP contribution in [0.25, 0.3) is 0 Å². The molecule has 0 atom stereocenters. The van der Waals surface area contributed by atoms with Crippen molar-refractivity contribution >= 4 is 28.1 Å². The summed E-state index contributed by atoms with van der Waals surface area (Å²) in [5.41, 5.74) is 5.09. The number of likely N-dealkylation sites (tertiary alicyclic amines) is 1. The van der Waals surface area contributed by atoms with Crippen LogP contribution in [0, 0.1) is 0 Å². The lowest BCUT2D eigenvalue weighted by Crippen LogP contribution is -2.20. The van der Waals surface area contributed by atoms with Crippen molar-refractivity contribution in [3.8, 4) is 0 Å². The fourth-order valence-corrected chi connectivity index (χ4v) is 3.37. The Bertz CT molecular complexity index is 637. The van der Waals surface area contributed by atoms with Gasteiger partial charge in [0.2, 0.25) is 0 Å². The van der Waals surface area contributed by atoms with Gasteiger partial charge in [-0.1, -0.05) is 66.3 Å². The number of allylic oxidation sites excluding steroid dienone is 5. The summed E-state index contributed by atoms with van der Waals surface area (Å²) in [6, 6.07) is 10.7. The molecular weight excluding hydrogens is 310 g/mol. The standard InChI is InChI=1S/C19H20ClNS/c20-19(22)17-10-6-9-16(13-15-7-2-1-3-8-15)18(14-17)21-11-4-5-12-21/h1-3,6-8,10,14H,4-5,9,11-13H2. The van der Waals surface area contributed by atoms with E-state index in [4.69, 9.17) is 23.8 Å². The zero-order chi connectivity index (χ0) is 15.4. The molecule has 3 rings (SSSR count). The van der Waals surface area contributed by atoms with Gasteiger partial charge in [0.1, 0.15) is 4.32 Å². The molecule has 0 aromatic heterocycles. The van der Waals surface area contributed by atoms with Crippen LogP contribution in [0.2, 0.25) is 0 Å². The number of hydrogen-bond acceptors (Lipinski definition) is 2. The summed E-state index contributed by atoms with van der Waals surface area (Å²) in [5.74, 6) is 0. The zero-order valence-electron chi connectivity index (χ0n) is 12.6. The van der Waals surface area contributed by atoms with Crippen molar-refractivity contribution in [2.45, 2.75) is 25.7 Å². The Kier molecular flexibility index (Phi) is 5.12. The van der Waals surface area contributed by atoms with E-state index in [0.29, 0.717) is 4.32 Å². The van der Waals surface area contributed by atoms with Crippen LogP contribution in [-0.4, -0.2) is 22.3 Å².